The molecule has 1 fully saturated rings. The molecule has 1 saturated heterocycles. The van der Waals surface area contributed by atoms with Gasteiger partial charge in [0.25, 0.3) is 5.91 Å². The summed E-state index contributed by atoms with van der Waals surface area (Å²) < 4.78 is 7.94. The lowest BCUT2D eigenvalue weighted by molar-refractivity contribution is -0.137. The zero-order valence-corrected chi connectivity index (χ0v) is 36.6. The van der Waals surface area contributed by atoms with Crippen molar-refractivity contribution in [1.82, 2.24) is 25.0 Å². The van der Waals surface area contributed by atoms with E-state index >= 15 is 0 Å². The van der Waals surface area contributed by atoms with Crippen molar-refractivity contribution in [3.8, 4) is 5.00 Å². The fraction of sp³-hybridized carbons (Fsp3) is 0.455. The van der Waals surface area contributed by atoms with Gasteiger partial charge in [-0.05, 0) is 76.3 Å². The van der Waals surface area contributed by atoms with Gasteiger partial charge in [-0.25, -0.2) is 0 Å². The van der Waals surface area contributed by atoms with Crippen LogP contribution in [0.5, 0.6) is 0 Å². The summed E-state index contributed by atoms with van der Waals surface area (Å²) in [6, 6.07) is 11.7. The van der Waals surface area contributed by atoms with Crippen molar-refractivity contribution in [3.63, 3.8) is 0 Å². The lowest BCUT2D eigenvalue weighted by Crippen LogP contribution is -2.52. The lowest BCUT2D eigenvalue weighted by Gasteiger charge is -2.29. The van der Waals surface area contributed by atoms with E-state index in [9.17, 15) is 24.0 Å². The van der Waals surface area contributed by atoms with Crippen LogP contribution in [-0.2, 0) is 30.5 Å². The molecule has 318 valence electrons. The third-order valence-corrected chi connectivity index (χ3v) is 12.8. The SMILES string of the molecule is Cc1sc2c(c1C)C(c1ccc(Cl)cc1)=N[C@@H](CC(=O)CCCOCCCCCCCCC(=O)Nc1cccc3c1CN(C1CCC(=O)NC1=O)C3=O)c1nnc(C)n1-2.Cl. The maximum absolute atomic E-state index is 13.3. The second kappa shape index (κ2) is 20.2. The fourth-order valence-corrected chi connectivity index (χ4v) is 9.38. The number of thiophene rings is 1. The number of unbranched alkanes of at least 4 members (excludes halogenated alkanes) is 5. The number of benzene rings is 2. The Morgan fingerprint density at radius 3 is 2.43 bits per heavy atom. The number of rotatable bonds is 18. The maximum atomic E-state index is 13.3. The monoisotopic (exact) mass is 875 g/mol. The Morgan fingerprint density at radius 2 is 1.67 bits per heavy atom. The molecular formula is C44H51Cl2N7O6S. The number of carbonyl (C=O) groups is 5. The molecule has 60 heavy (non-hydrogen) atoms. The number of aryl methyl sites for hydroxylation is 2. The number of hydrogen-bond acceptors (Lipinski definition) is 10. The minimum atomic E-state index is -0.700. The number of nitrogens with zero attached hydrogens (tertiary/aromatic N) is 5. The molecule has 0 radical (unpaired) electrons. The van der Waals surface area contributed by atoms with Crippen molar-refractivity contribution >= 4 is 76.2 Å². The van der Waals surface area contributed by atoms with E-state index in [1.807, 2.05) is 31.2 Å². The van der Waals surface area contributed by atoms with Crippen molar-refractivity contribution in [2.75, 3.05) is 18.5 Å². The minimum Gasteiger partial charge on any atom is -0.381 e. The van der Waals surface area contributed by atoms with Crippen molar-refractivity contribution < 1.29 is 28.7 Å². The molecule has 13 nitrogen and oxygen atoms in total. The Morgan fingerprint density at radius 1 is 0.933 bits per heavy atom. The van der Waals surface area contributed by atoms with Gasteiger partial charge in [0.15, 0.2) is 5.82 Å². The Balaban J connectivity index is 0.00000604. The molecule has 0 aliphatic carbocycles. The largest absolute Gasteiger partial charge is 0.381 e. The lowest BCUT2D eigenvalue weighted by atomic mass is 9.99. The van der Waals surface area contributed by atoms with Crippen LogP contribution in [0.3, 0.4) is 0 Å². The van der Waals surface area contributed by atoms with Crippen LogP contribution in [0.15, 0.2) is 47.5 Å². The second-order valence-corrected chi connectivity index (χ2v) is 17.2. The van der Waals surface area contributed by atoms with E-state index < -0.39 is 18.0 Å². The van der Waals surface area contributed by atoms with Gasteiger partial charge in [0.1, 0.15) is 28.7 Å². The van der Waals surface area contributed by atoms with Gasteiger partial charge < -0.3 is 15.0 Å². The molecular weight excluding hydrogens is 825 g/mol. The van der Waals surface area contributed by atoms with Crippen LogP contribution in [0, 0.1) is 20.8 Å². The summed E-state index contributed by atoms with van der Waals surface area (Å²) >= 11 is 7.92. The van der Waals surface area contributed by atoms with Crippen LogP contribution in [0.2, 0.25) is 5.02 Å². The summed E-state index contributed by atoms with van der Waals surface area (Å²) in [5.74, 6) is 0.384. The standard InChI is InChI=1S/C44H50ClN7O6S.ClH/c1-26-27(2)59-44-39(26)40(29-16-18-30(45)19-17-29)47-35(41-50-49-28(3)52(41)44)24-31(53)12-11-23-58-22-9-7-5-4-6-8-15-37(54)46-34-14-10-13-32-33(34)25-51(43(32)57)36-20-21-38(55)48-42(36)56;/h10,13-14,16-19,35-36H,4-9,11-12,15,20-25H2,1-3H3,(H,46,54)(H,48,55,56);1H/t35-,36?;/m0./s1. The van der Waals surface area contributed by atoms with Crippen LogP contribution < -0.4 is 10.6 Å². The smallest absolute Gasteiger partial charge is 0.255 e. The highest BCUT2D eigenvalue weighted by atomic mass is 35.5. The first-order valence-corrected chi connectivity index (χ1v) is 21.7. The molecule has 0 spiro atoms. The summed E-state index contributed by atoms with van der Waals surface area (Å²) in [6.45, 7) is 7.52. The molecule has 7 rings (SSSR count). The summed E-state index contributed by atoms with van der Waals surface area (Å²) in [5.41, 5.74) is 5.72. The highest BCUT2D eigenvalue weighted by Gasteiger charge is 2.40. The van der Waals surface area contributed by atoms with Gasteiger partial charge in [-0.15, -0.1) is 33.9 Å². The Hall–Kier alpha value is -4.76. The molecule has 3 aliphatic rings. The molecule has 4 amide bonds. The zero-order valence-electron chi connectivity index (χ0n) is 34.2. The van der Waals surface area contributed by atoms with E-state index in [1.54, 1.807) is 29.5 Å². The highest BCUT2D eigenvalue weighted by Crippen LogP contribution is 2.40. The number of piperidine rings is 1. The fourth-order valence-electron chi connectivity index (χ4n) is 8.04. The predicted molar refractivity (Wildman–Crippen MR) is 234 cm³/mol. The Bertz CT molecular complexity index is 2290. The molecule has 16 heteroatoms. The van der Waals surface area contributed by atoms with Crippen LogP contribution >= 0.6 is 35.3 Å². The Labute approximate surface area is 365 Å². The molecule has 2 atom stereocenters. The number of fused-ring (bicyclic) bond motifs is 4. The quantitative estimate of drug-likeness (QED) is 0.0748. The summed E-state index contributed by atoms with van der Waals surface area (Å²) in [4.78, 5) is 71.1. The number of halogens is 2. The number of imide groups is 1. The minimum absolute atomic E-state index is 0. The average molecular weight is 877 g/mol. The molecule has 5 heterocycles. The number of Topliss-reactive ketones (excluding diaryl/α,β-unsaturated/α-hetero) is 1. The van der Waals surface area contributed by atoms with E-state index in [0.29, 0.717) is 60.1 Å². The second-order valence-electron chi connectivity index (χ2n) is 15.5. The first kappa shape index (κ1) is 44.8. The predicted octanol–water partition coefficient (Wildman–Crippen LogP) is 8.11. The highest BCUT2D eigenvalue weighted by molar-refractivity contribution is 7.15. The van der Waals surface area contributed by atoms with Crippen LogP contribution in [0.1, 0.15) is 132 Å². The van der Waals surface area contributed by atoms with Crippen molar-refractivity contribution in [2.24, 2.45) is 4.99 Å². The van der Waals surface area contributed by atoms with Crippen LogP contribution in [-0.4, -0.2) is 74.0 Å². The summed E-state index contributed by atoms with van der Waals surface area (Å²) in [7, 11) is 0. The topological polar surface area (TPSA) is 165 Å². The Kier molecular flexibility index (Phi) is 15.1. The molecule has 2 N–H and O–H groups in total. The molecule has 0 bridgehead atoms. The third kappa shape index (κ3) is 10.0. The van der Waals surface area contributed by atoms with Gasteiger partial charge in [-0.2, -0.15) is 0 Å². The number of anilines is 1. The molecule has 2 aromatic heterocycles. The van der Waals surface area contributed by atoms with E-state index in [0.717, 1.165) is 71.8 Å². The van der Waals surface area contributed by atoms with Crippen LogP contribution in [0.25, 0.3) is 5.00 Å². The van der Waals surface area contributed by atoms with Crippen LogP contribution in [0.4, 0.5) is 5.69 Å². The van der Waals surface area contributed by atoms with E-state index in [2.05, 4.69) is 39.2 Å². The number of ether oxygens (including phenoxy) is 1. The molecule has 4 aromatic rings. The van der Waals surface area contributed by atoms with E-state index in [1.165, 1.54) is 9.78 Å². The van der Waals surface area contributed by atoms with Gasteiger partial charge in [0.05, 0.1) is 5.71 Å². The number of ketones is 1. The van der Waals surface area contributed by atoms with E-state index in [-0.39, 0.29) is 61.7 Å². The number of amides is 4. The maximum Gasteiger partial charge on any atom is 0.255 e. The molecule has 3 aliphatic heterocycles. The molecule has 1 unspecified atom stereocenters. The van der Waals surface area contributed by atoms with Gasteiger partial charge in [-0.3, -0.25) is 38.8 Å². The average Bonchev–Trinajstić information content (AvgIpc) is 3.82. The number of carbonyl (C=O) groups excluding carboxylic acids is 5. The number of aromatic nitrogens is 3. The molecule has 2 aromatic carbocycles. The summed E-state index contributed by atoms with van der Waals surface area (Å²) in [5, 5.41) is 15.9. The van der Waals surface area contributed by atoms with Gasteiger partial charge in [0.2, 0.25) is 17.7 Å². The molecule has 0 saturated carbocycles. The van der Waals surface area contributed by atoms with Crippen molar-refractivity contribution in [2.45, 2.75) is 116 Å². The first-order valence-electron chi connectivity index (χ1n) is 20.5. The van der Waals surface area contributed by atoms with Crippen molar-refractivity contribution in [1.29, 1.82) is 0 Å². The number of nitrogens with one attached hydrogen (secondary N) is 2. The number of hydrogen-bond donors (Lipinski definition) is 2. The van der Waals surface area contributed by atoms with Gasteiger partial charge in [-0.1, -0.05) is 55.5 Å². The normalized spacial score (nSPS) is 17.0. The van der Waals surface area contributed by atoms with E-state index in [4.69, 9.17) is 21.3 Å². The number of aliphatic imine (C=N–C) groups is 1. The van der Waals surface area contributed by atoms with Crippen molar-refractivity contribution in [3.05, 3.63) is 91.8 Å². The zero-order chi connectivity index (χ0) is 41.6. The third-order valence-electron chi connectivity index (χ3n) is 11.3. The van der Waals surface area contributed by atoms with Gasteiger partial charge in [0, 0.05) is 83.3 Å². The summed E-state index contributed by atoms with van der Waals surface area (Å²) in [6.07, 6.45) is 7.83. The van der Waals surface area contributed by atoms with Gasteiger partial charge >= 0.3 is 0 Å². The first-order chi connectivity index (χ1) is 28.5.